The molecule has 0 saturated heterocycles. The Hall–Kier alpha value is -1.91. The lowest BCUT2D eigenvalue weighted by molar-refractivity contribution is 0.240. The van der Waals surface area contributed by atoms with Gasteiger partial charge in [-0.05, 0) is 24.0 Å². The molecule has 0 heterocycles. The summed E-state index contributed by atoms with van der Waals surface area (Å²) < 4.78 is 26.9. The highest BCUT2D eigenvalue weighted by atomic mass is 19.1. The number of halogens is 2. The Balaban J connectivity index is 2.07. The van der Waals surface area contributed by atoms with Crippen LogP contribution >= 0.6 is 0 Å². The van der Waals surface area contributed by atoms with Crippen molar-refractivity contribution in [1.82, 2.24) is 10.6 Å². The van der Waals surface area contributed by atoms with Crippen LogP contribution in [0.5, 0.6) is 0 Å². The number of hydrogen-bond acceptors (Lipinski definition) is 1. The van der Waals surface area contributed by atoms with Crippen LogP contribution in [0, 0.1) is 17.6 Å². The molecule has 0 aliphatic heterocycles. The Morgan fingerprint density at radius 1 is 1.50 bits per heavy atom. The van der Waals surface area contributed by atoms with Gasteiger partial charge >= 0.3 is 6.03 Å². The highest BCUT2D eigenvalue weighted by molar-refractivity contribution is 5.74. The predicted octanol–water partition coefficient (Wildman–Crippen LogP) is 2.73. The van der Waals surface area contributed by atoms with Crippen LogP contribution in [0.2, 0.25) is 0 Å². The van der Waals surface area contributed by atoms with Crippen molar-refractivity contribution in [3.05, 3.63) is 48.1 Å². The van der Waals surface area contributed by atoms with E-state index in [0.717, 1.165) is 12.5 Å². The van der Waals surface area contributed by atoms with Gasteiger partial charge in [-0.3, -0.25) is 0 Å². The molecule has 5 heteroatoms. The lowest BCUT2D eigenvalue weighted by Crippen LogP contribution is -2.40. The molecule has 1 aliphatic carbocycles. The topological polar surface area (TPSA) is 41.1 Å². The van der Waals surface area contributed by atoms with Crippen molar-refractivity contribution in [2.75, 3.05) is 13.1 Å². The van der Waals surface area contributed by atoms with E-state index in [1.807, 2.05) is 6.92 Å². The van der Waals surface area contributed by atoms with E-state index in [4.69, 9.17) is 0 Å². The van der Waals surface area contributed by atoms with Crippen LogP contribution in [0.3, 0.4) is 0 Å². The second-order valence-corrected chi connectivity index (χ2v) is 5.24. The van der Waals surface area contributed by atoms with Gasteiger partial charge in [-0.1, -0.05) is 19.1 Å². The highest BCUT2D eigenvalue weighted by Gasteiger charge is 2.53. The van der Waals surface area contributed by atoms with Crippen LogP contribution in [-0.4, -0.2) is 19.1 Å². The molecule has 1 aromatic carbocycles. The minimum atomic E-state index is -0.591. The molecule has 2 amide bonds. The van der Waals surface area contributed by atoms with Crippen LogP contribution < -0.4 is 10.6 Å². The fourth-order valence-electron chi connectivity index (χ4n) is 2.56. The number of carbonyl (C=O) groups excluding carboxylic acids is 1. The first-order valence-corrected chi connectivity index (χ1v) is 6.58. The lowest BCUT2D eigenvalue weighted by atomic mass is 9.93. The van der Waals surface area contributed by atoms with E-state index < -0.39 is 17.0 Å². The van der Waals surface area contributed by atoms with Gasteiger partial charge in [0.2, 0.25) is 0 Å². The van der Waals surface area contributed by atoms with Crippen molar-refractivity contribution in [1.29, 1.82) is 0 Å². The molecule has 0 bridgehead atoms. The molecule has 3 nitrogen and oxygen atoms in total. The number of nitrogens with one attached hydrogen (secondary N) is 2. The maximum absolute atomic E-state index is 13.9. The quantitative estimate of drug-likeness (QED) is 0.800. The number of rotatable bonds is 5. The fraction of sp³-hybridized carbons (Fsp3) is 0.400. The molecule has 2 atom stereocenters. The first-order valence-electron chi connectivity index (χ1n) is 6.58. The van der Waals surface area contributed by atoms with Crippen molar-refractivity contribution in [2.24, 2.45) is 5.92 Å². The minimum Gasteiger partial charge on any atom is -0.337 e. The smallest absolute Gasteiger partial charge is 0.315 e. The van der Waals surface area contributed by atoms with E-state index in [2.05, 4.69) is 17.2 Å². The van der Waals surface area contributed by atoms with Gasteiger partial charge in [0.25, 0.3) is 0 Å². The molecular formula is C15H18F2N2O. The van der Waals surface area contributed by atoms with Crippen molar-refractivity contribution < 1.29 is 13.6 Å². The molecule has 2 N–H and O–H groups in total. The lowest BCUT2D eigenvalue weighted by Gasteiger charge is -2.19. The second-order valence-electron chi connectivity index (χ2n) is 5.24. The monoisotopic (exact) mass is 280 g/mol. The van der Waals surface area contributed by atoms with E-state index in [1.165, 1.54) is 12.1 Å². The Labute approximate surface area is 117 Å². The molecule has 1 aliphatic rings. The third-order valence-corrected chi connectivity index (χ3v) is 3.89. The van der Waals surface area contributed by atoms with Crippen molar-refractivity contribution in [3.8, 4) is 0 Å². The number of carbonyl (C=O) groups is 1. The van der Waals surface area contributed by atoms with Gasteiger partial charge in [-0.25, -0.2) is 13.6 Å². The predicted molar refractivity (Wildman–Crippen MR) is 73.4 cm³/mol. The Kier molecular flexibility index (Phi) is 4.06. The summed E-state index contributed by atoms with van der Waals surface area (Å²) in [6.07, 6.45) is 2.35. The molecular weight excluding hydrogens is 262 g/mol. The summed E-state index contributed by atoms with van der Waals surface area (Å²) in [5.74, 6) is -0.892. The molecule has 1 fully saturated rings. The van der Waals surface area contributed by atoms with Crippen molar-refractivity contribution >= 4 is 6.03 Å². The molecule has 20 heavy (non-hydrogen) atoms. The zero-order chi connectivity index (χ0) is 14.8. The maximum atomic E-state index is 13.9. The molecule has 0 radical (unpaired) electrons. The minimum absolute atomic E-state index is 0.252. The Bertz CT molecular complexity index is 533. The largest absolute Gasteiger partial charge is 0.337 e. The van der Waals surface area contributed by atoms with E-state index in [0.29, 0.717) is 18.7 Å². The van der Waals surface area contributed by atoms with Crippen molar-refractivity contribution in [3.63, 3.8) is 0 Å². The molecule has 108 valence electrons. The average Bonchev–Trinajstić information content (AvgIpc) is 3.05. The second kappa shape index (κ2) is 5.61. The van der Waals surface area contributed by atoms with Crippen LogP contribution in [0.15, 0.2) is 30.9 Å². The van der Waals surface area contributed by atoms with Gasteiger partial charge < -0.3 is 10.6 Å². The van der Waals surface area contributed by atoms with Crippen LogP contribution in [0.1, 0.15) is 18.9 Å². The first kappa shape index (κ1) is 14.5. The third-order valence-electron chi connectivity index (χ3n) is 3.89. The average molecular weight is 280 g/mol. The van der Waals surface area contributed by atoms with Crippen LogP contribution in [0.25, 0.3) is 0 Å². The highest BCUT2D eigenvalue weighted by Crippen LogP contribution is 2.54. The molecule has 2 unspecified atom stereocenters. The van der Waals surface area contributed by atoms with Gasteiger partial charge in [0.1, 0.15) is 11.6 Å². The van der Waals surface area contributed by atoms with Gasteiger partial charge in [-0.2, -0.15) is 0 Å². The van der Waals surface area contributed by atoms with Crippen LogP contribution in [0.4, 0.5) is 13.6 Å². The van der Waals surface area contributed by atoms with Crippen LogP contribution in [-0.2, 0) is 5.41 Å². The summed E-state index contributed by atoms with van der Waals surface area (Å²) in [5.41, 5.74) is 0.0407. The normalized spacial score (nSPS) is 24.1. The summed E-state index contributed by atoms with van der Waals surface area (Å²) in [5, 5.41) is 5.33. The Morgan fingerprint density at radius 3 is 2.75 bits per heavy atom. The van der Waals surface area contributed by atoms with Gasteiger partial charge in [0.05, 0.1) is 0 Å². The van der Waals surface area contributed by atoms with E-state index >= 15 is 0 Å². The summed E-state index contributed by atoms with van der Waals surface area (Å²) in [6.45, 7) is 6.21. The molecule has 1 aromatic rings. The maximum Gasteiger partial charge on any atom is 0.315 e. The number of benzene rings is 1. The zero-order valence-corrected chi connectivity index (χ0v) is 11.4. The number of hydrogen-bond donors (Lipinski definition) is 2. The fourth-order valence-corrected chi connectivity index (χ4v) is 2.56. The molecule has 2 rings (SSSR count). The summed E-state index contributed by atoms with van der Waals surface area (Å²) in [6, 6.07) is 3.30. The zero-order valence-electron chi connectivity index (χ0n) is 11.4. The van der Waals surface area contributed by atoms with Gasteiger partial charge in [0.15, 0.2) is 0 Å². The molecule has 0 spiro atoms. The van der Waals surface area contributed by atoms with E-state index in [9.17, 15) is 13.6 Å². The van der Waals surface area contributed by atoms with Gasteiger partial charge in [-0.15, -0.1) is 6.58 Å². The molecule has 0 aromatic heterocycles. The van der Waals surface area contributed by atoms with E-state index in [1.54, 1.807) is 6.08 Å². The van der Waals surface area contributed by atoms with Crippen molar-refractivity contribution in [2.45, 2.75) is 18.8 Å². The summed E-state index contributed by atoms with van der Waals surface area (Å²) in [7, 11) is 0. The third kappa shape index (κ3) is 2.81. The summed E-state index contributed by atoms with van der Waals surface area (Å²) in [4.78, 5) is 11.5. The first-order chi connectivity index (χ1) is 9.49. The standard InChI is InChI=1S/C15H18F2N2O/c1-3-6-18-14(20)19-9-15(8-10(15)2)12-5-4-11(16)7-13(12)17/h3-5,7,10H,1,6,8-9H2,2H3,(H2,18,19,20). The number of urea groups is 1. The van der Waals surface area contributed by atoms with Gasteiger partial charge in [0, 0.05) is 24.6 Å². The Morgan fingerprint density at radius 2 is 2.20 bits per heavy atom. The summed E-state index contributed by atoms with van der Waals surface area (Å²) >= 11 is 0. The SMILES string of the molecule is C=CCNC(=O)NCC1(c2ccc(F)cc2F)CC1C. The van der Waals surface area contributed by atoms with E-state index in [-0.39, 0.29) is 11.9 Å². The molecule has 1 saturated carbocycles. The number of amides is 2.